The van der Waals surface area contributed by atoms with Gasteiger partial charge in [-0.15, -0.1) is 0 Å². The largest absolute Gasteiger partial charge is 0.313 e. The Hall–Kier alpha value is -0.690. The van der Waals surface area contributed by atoms with E-state index in [1.54, 1.807) is 17.1 Å². The summed E-state index contributed by atoms with van der Waals surface area (Å²) in [5.74, 6) is 0. The lowest BCUT2D eigenvalue weighted by Gasteiger charge is -2.09. The van der Waals surface area contributed by atoms with Gasteiger partial charge in [-0.3, -0.25) is 9.36 Å². The molecule has 0 amide bonds. The van der Waals surface area contributed by atoms with E-state index < -0.39 is 0 Å². The van der Waals surface area contributed by atoms with E-state index in [1.165, 1.54) is 0 Å². The second-order valence-electron chi connectivity index (χ2n) is 3.60. The van der Waals surface area contributed by atoms with Crippen LogP contribution in [0.2, 0.25) is 0 Å². The predicted octanol–water partition coefficient (Wildman–Crippen LogP) is 1.40. The predicted molar refractivity (Wildman–Crippen MR) is 73.5 cm³/mol. The summed E-state index contributed by atoms with van der Waals surface area (Å²) in [7, 11) is 0. The second-order valence-corrected chi connectivity index (χ2v) is 4.76. The first kappa shape index (κ1) is 13.4. The molecule has 0 bridgehead atoms. The minimum absolute atomic E-state index is 0.00718. The molecule has 0 aliphatic carbocycles. The number of halogens is 1. The number of rotatable bonds is 6. The van der Waals surface area contributed by atoms with Crippen LogP contribution in [0, 0.1) is 3.57 Å². The lowest BCUT2D eigenvalue weighted by atomic mass is 10.3. The highest BCUT2D eigenvalue weighted by molar-refractivity contribution is 14.1. The summed E-state index contributed by atoms with van der Waals surface area (Å²) in [6, 6.07) is 0. The molecule has 4 nitrogen and oxygen atoms in total. The Morgan fingerprint density at radius 3 is 3.12 bits per heavy atom. The fourth-order valence-corrected chi connectivity index (χ4v) is 1.75. The van der Waals surface area contributed by atoms with Gasteiger partial charge >= 0.3 is 0 Å². The monoisotopic (exact) mass is 333 g/mol. The maximum atomic E-state index is 11.7. The van der Waals surface area contributed by atoms with E-state index in [4.69, 9.17) is 0 Å². The highest BCUT2D eigenvalue weighted by Gasteiger charge is 2.02. The minimum atomic E-state index is -0.00718. The van der Waals surface area contributed by atoms with Crippen LogP contribution in [0.3, 0.4) is 0 Å². The highest BCUT2D eigenvalue weighted by atomic mass is 127. The Labute approximate surface area is 109 Å². The molecule has 0 radical (unpaired) electrons. The summed E-state index contributed by atoms with van der Waals surface area (Å²) in [5, 5.41) is 3.25. The van der Waals surface area contributed by atoms with Crippen LogP contribution < -0.4 is 10.9 Å². The molecule has 1 aromatic heterocycles. The molecule has 0 aromatic carbocycles. The van der Waals surface area contributed by atoms with Crippen molar-refractivity contribution in [1.82, 2.24) is 14.9 Å². The molecular weight excluding hydrogens is 317 g/mol. The van der Waals surface area contributed by atoms with Crippen LogP contribution in [0.1, 0.15) is 13.3 Å². The van der Waals surface area contributed by atoms with Gasteiger partial charge in [0.2, 0.25) is 0 Å². The van der Waals surface area contributed by atoms with E-state index in [0.717, 1.165) is 25.1 Å². The highest BCUT2D eigenvalue weighted by Crippen LogP contribution is 1.96. The van der Waals surface area contributed by atoms with Crippen molar-refractivity contribution < 1.29 is 0 Å². The lowest BCUT2D eigenvalue weighted by molar-refractivity contribution is 0.655. The summed E-state index contributed by atoms with van der Waals surface area (Å²) in [5.41, 5.74) is 0.978. The first-order chi connectivity index (χ1) is 7.65. The fourth-order valence-electron chi connectivity index (χ4n) is 1.28. The van der Waals surface area contributed by atoms with Gasteiger partial charge in [-0.25, -0.2) is 4.98 Å². The molecule has 88 valence electrons. The molecule has 1 aromatic rings. The zero-order valence-corrected chi connectivity index (χ0v) is 11.5. The van der Waals surface area contributed by atoms with Crippen LogP contribution in [0.5, 0.6) is 0 Å². The smallest absolute Gasteiger partial charge is 0.267 e. The van der Waals surface area contributed by atoms with Crippen LogP contribution >= 0.6 is 22.6 Å². The summed E-state index contributed by atoms with van der Waals surface area (Å²) in [6.45, 7) is 8.29. The molecule has 0 saturated carbocycles. The summed E-state index contributed by atoms with van der Waals surface area (Å²) < 4.78 is 2.21. The van der Waals surface area contributed by atoms with E-state index >= 15 is 0 Å². The van der Waals surface area contributed by atoms with Crippen LogP contribution in [0.15, 0.2) is 29.5 Å². The van der Waals surface area contributed by atoms with Crippen LogP contribution in [0.4, 0.5) is 0 Å². The Morgan fingerprint density at radius 1 is 1.69 bits per heavy atom. The first-order valence-electron chi connectivity index (χ1n) is 5.22. The zero-order valence-electron chi connectivity index (χ0n) is 9.37. The quantitative estimate of drug-likeness (QED) is 0.486. The Balaban J connectivity index is 2.56. The van der Waals surface area contributed by atoms with E-state index in [9.17, 15) is 4.79 Å². The second kappa shape index (κ2) is 6.80. The normalized spacial score (nSPS) is 10.4. The van der Waals surface area contributed by atoms with Crippen molar-refractivity contribution in [3.63, 3.8) is 0 Å². The molecule has 1 heterocycles. The van der Waals surface area contributed by atoms with E-state index in [-0.39, 0.29) is 5.56 Å². The van der Waals surface area contributed by atoms with Crippen molar-refractivity contribution in [1.29, 1.82) is 0 Å². The standard InChI is InChI=1S/C11H16IN3O/c1-3-4-13-5-9(2)7-15-8-14-6-10(12)11(15)16/h6,8,13H,2-5,7H2,1H3. The van der Waals surface area contributed by atoms with Gasteiger partial charge in [-0.1, -0.05) is 13.5 Å². The van der Waals surface area contributed by atoms with Gasteiger partial charge in [0.25, 0.3) is 5.56 Å². The minimum Gasteiger partial charge on any atom is -0.313 e. The average Bonchev–Trinajstić information content (AvgIpc) is 2.25. The Bertz CT molecular complexity index is 414. The van der Waals surface area contributed by atoms with Gasteiger partial charge in [0.05, 0.1) is 9.90 Å². The van der Waals surface area contributed by atoms with Gasteiger partial charge in [-0.2, -0.15) is 0 Å². The topological polar surface area (TPSA) is 46.9 Å². The number of hydrogen-bond acceptors (Lipinski definition) is 3. The van der Waals surface area contributed by atoms with Crippen molar-refractivity contribution >= 4 is 22.6 Å². The summed E-state index contributed by atoms with van der Waals surface area (Å²) in [6.07, 6.45) is 4.21. The van der Waals surface area contributed by atoms with Crippen molar-refractivity contribution in [2.75, 3.05) is 13.1 Å². The third kappa shape index (κ3) is 4.05. The molecule has 0 atom stereocenters. The Kier molecular flexibility index (Phi) is 5.68. The number of nitrogens with zero attached hydrogens (tertiary/aromatic N) is 2. The maximum Gasteiger partial charge on any atom is 0.267 e. The number of hydrogen-bond donors (Lipinski definition) is 1. The van der Waals surface area contributed by atoms with Crippen molar-refractivity contribution in [2.45, 2.75) is 19.9 Å². The van der Waals surface area contributed by atoms with E-state index in [0.29, 0.717) is 10.1 Å². The van der Waals surface area contributed by atoms with Crippen LogP contribution in [0.25, 0.3) is 0 Å². The van der Waals surface area contributed by atoms with Crippen molar-refractivity contribution in [3.05, 3.63) is 38.6 Å². The average molecular weight is 333 g/mol. The molecule has 0 aliphatic rings. The molecular formula is C11H16IN3O. The molecule has 1 rings (SSSR count). The lowest BCUT2D eigenvalue weighted by Crippen LogP contribution is -2.26. The SMILES string of the molecule is C=C(CNCCC)Cn1cncc(I)c1=O. The molecule has 0 spiro atoms. The molecule has 0 aliphatic heterocycles. The van der Waals surface area contributed by atoms with Gasteiger partial charge in [0.1, 0.15) is 0 Å². The summed E-state index contributed by atoms with van der Waals surface area (Å²) in [4.78, 5) is 15.7. The van der Waals surface area contributed by atoms with Gasteiger partial charge in [0.15, 0.2) is 0 Å². The van der Waals surface area contributed by atoms with E-state index in [1.807, 2.05) is 22.6 Å². The zero-order chi connectivity index (χ0) is 12.0. The maximum absolute atomic E-state index is 11.7. The fraction of sp³-hybridized carbons (Fsp3) is 0.455. The Morgan fingerprint density at radius 2 is 2.44 bits per heavy atom. The number of aromatic nitrogens is 2. The molecule has 1 N–H and O–H groups in total. The van der Waals surface area contributed by atoms with Crippen molar-refractivity contribution in [3.8, 4) is 0 Å². The van der Waals surface area contributed by atoms with Crippen molar-refractivity contribution in [2.24, 2.45) is 0 Å². The molecule has 0 saturated heterocycles. The molecule has 16 heavy (non-hydrogen) atoms. The van der Waals surface area contributed by atoms with Gasteiger partial charge < -0.3 is 5.32 Å². The van der Waals surface area contributed by atoms with Crippen LogP contribution in [-0.4, -0.2) is 22.6 Å². The molecule has 0 unspecified atom stereocenters. The molecule has 0 fully saturated rings. The first-order valence-corrected chi connectivity index (χ1v) is 6.30. The van der Waals surface area contributed by atoms with E-state index in [2.05, 4.69) is 23.8 Å². The third-order valence-electron chi connectivity index (χ3n) is 2.05. The molecule has 5 heteroatoms. The summed E-state index contributed by atoms with van der Waals surface area (Å²) >= 11 is 1.99. The van der Waals surface area contributed by atoms with Crippen LogP contribution in [-0.2, 0) is 6.54 Å². The van der Waals surface area contributed by atoms with Gasteiger partial charge in [0, 0.05) is 19.3 Å². The van der Waals surface area contributed by atoms with Gasteiger partial charge in [-0.05, 0) is 41.1 Å². The number of nitrogens with one attached hydrogen (secondary N) is 1. The third-order valence-corrected chi connectivity index (χ3v) is 2.79.